The summed E-state index contributed by atoms with van der Waals surface area (Å²) in [5, 5.41) is 2.91. The molecule has 0 saturated carbocycles. The Hall–Kier alpha value is -1.85. The molecule has 128 valence electrons. The largest absolute Gasteiger partial charge is 0.270 e. The molecule has 0 bridgehead atoms. The number of halogens is 2. The predicted molar refractivity (Wildman–Crippen MR) is 116 cm³/mol. The summed E-state index contributed by atoms with van der Waals surface area (Å²) < 4.78 is 0.496. The Morgan fingerprint density at radius 2 is 1.69 bits per heavy atom. The number of benzene rings is 3. The second-order valence-corrected chi connectivity index (χ2v) is 8.12. The van der Waals surface area contributed by atoms with Crippen LogP contribution in [0.25, 0.3) is 16.8 Å². The molecule has 0 atom stereocenters. The number of hydrogen-bond acceptors (Lipinski definition) is 3. The van der Waals surface area contributed by atoms with Gasteiger partial charge in [0.1, 0.15) is 0 Å². The van der Waals surface area contributed by atoms with Gasteiger partial charge in [0.2, 0.25) is 0 Å². The van der Waals surface area contributed by atoms with E-state index in [9.17, 15) is 4.79 Å². The molecule has 4 rings (SSSR count). The van der Waals surface area contributed by atoms with E-state index in [0.717, 1.165) is 16.5 Å². The van der Waals surface area contributed by atoms with Crippen molar-refractivity contribution in [3.8, 4) is 0 Å². The third-order valence-corrected chi connectivity index (χ3v) is 6.20. The van der Waals surface area contributed by atoms with Gasteiger partial charge in [-0.2, -0.15) is 0 Å². The minimum Gasteiger partial charge on any atom is -0.268 e. The Bertz CT molecular complexity index is 1090. The van der Waals surface area contributed by atoms with Gasteiger partial charge < -0.3 is 0 Å². The Morgan fingerprint density at radius 1 is 0.962 bits per heavy atom. The molecule has 0 aromatic heterocycles. The molecule has 1 aliphatic heterocycles. The quantitative estimate of drug-likeness (QED) is 0.349. The lowest BCUT2D eigenvalue weighted by Gasteiger charge is -2.17. The van der Waals surface area contributed by atoms with Gasteiger partial charge in [-0.1, -0.05) is 95.7 Å². The Kier molecular flexibility index (Phi) is 4.76. The Labute approximate surface area is 170 Å². The number of fused-ring (bicyclic) bond motifs is 1. The first-order valence-corrected chi connectivity index (χ1v) is 9.74. The van der Waals surface area contributed by atoms with E-state index in [-0.39, 0.29) is 5.91 Å². The topological polar surface area (TPSA) is 20.3 Å². The smallest absolute Gasteiger partial charge is 0.268 e. The third-order valence-electron chi connectivity index (χ3n) is 4.07. The summed E-state index contributed by atoms with van der Waals surface area (Å²) >= 11 is 19.1. The van der Waals surface area contributed by atoms with Crippen molar-refractivity contribution < 1.29 is 4.79 Å². The van der Waals surface area contributed by atoms with Gasteiger partial charge in [0.05, 0.1) is 20.6 Å². The number of anilines is 1. The fourth-order valence-corrected chi connectivity index (χ4v) is 4.49. The van der Waals surface area contributed by atoms with Crippen LogP contribution in [0, 0.1) is 0 Å². The molecule has 3 aromatic carbocycles. The van der Waals surface area contributed by atoms with Crippen molar-refractivity contribution in [3.05, 3.63) is 81.2 Å². The summed E-state index contributed by atoms with van der Waals surface area (Å²) in [5.74, 6) is -0.160. The summed E-state index contributed by atoms with van der Waals surface area (Å²) in [6, 6.07) is 19.1. The summed E-state index contributed by atoms with van der Waals surface area (Å²) in [6.45, 7) is 0. The van der Waals surface area contributed by atoms with E-state index in [1.807, 2.05) is 48.5 Å². The number of carbonyl (C=O) groups excluding carboxylic acids is 1. The summed E-state index contributed by atoms with van der Waals surface area (Å²) in [7, 11) is 0. The highest BCUT2D eigenvalue weighted by atomic mass is 35.5. The van der Waals surface area contributed by atoms with E-state index in [1.54, 1.807) is 23.1 Å². The summed E-state index contributed by atoms with van der Waals surface area (Å²) in [6.07, 6.45) is 1.73. The highest BCUT2D eigenvalue weighted by Gasteiger charge is 2.34. The highest BCUT2D eigenvalue weighted by Crippen LogP contribution is 2.39. The van der Waals surface area contributed by atoms with Gasteiger partial charge in [-0.25, -0.2) is 0 Å². The van der Waals surface area contributed by atoms with Crippen molar-refractivity contribution >= 4 is 79.9 Å². The first-order valence-electron chi connectivity index (χ1n) is 7.76. The van der Waals surface area contributed by atoms with E-state index in [1.165, 1.54) is 11.8 Å². The molecule has 0 spiro atoms. The second kappa shape index (κ2) is 7.05. The maximum absolute atomic E-state index is 13.0. The molecule has 1 fully saturated rings. The molecule has 1 heterocycles. The maximum Gasteiger partial charge on any atom is 0.270 e. The molecule has 2 nitrogen and oxygen atoms in total. The SMILES string of the molecule is O=C1/C(=C/c2cccc(Cl)c2Cl)SC(=S)N1c1cccc2ccccc12. The molecule has 1 saturated heterocycles. The molecule has 0 unspecified atom stereocenters. The molecule has 6 heteroatoms. The van der Waals surface area contributed by atoms with Crippen LogP contribution in [0.1, 0.15) is 5.56 Å². The van der Waals surface area contributed by atoms with Gasteiger partial charge in [-0.3, -0.25) is 9.69 Å². The zero-order chi connectivity index (χ0) is 18.3. The molecular formula is C20H11Cl2NOS2. The number of thioether (sulfide) groups is 1. The first-order chi connectivity index (χ1) is 12.6. The number of thiocarbonyl (C=S) groups is 1. The Morgan fingerprint density at radius 3 is 2.54 bits per heavy atom. The predicted octanol–water partition coefficient (Wildman–Crippen LogP) is 6.55. The van der Waals surface area contributed by atoms with Crippen LogP contribution < -0.4 is 4.90 Å². The first kappa shape index (κ1) is 17.6. The van der Waals surface area contributed by atoms with Gasteiger partial charge in [-0.05, 0) is 29.2 Å². The number of hydrogen-bond donors (Lipinski definition) is 0. The standard InChI is InChI=1S/C20H11Cl2NOS2/c21-15-9-3-7-13(18(15)22)11-17-19(24)23(20(25)26-17)16-10-4-6-12-5-1-2-8-14(12)16/h1-11H/b17-11-. The van der Waals surface area contributed by atoms with E-state index < -0.39 is 0 Å². The van der Waals surface area contributed by atoms with Crippen molar-refractivity contribution in [1.82, 2.24) is 0 Å². The van der Waals surface area contributed by atoms with Crippen LogP contribution in [0.5, 0.6) is 0 Å². The lowest BCUT2D eigenvalue weighted by Crippen LogP contribution is -2.27. The number of nitrogens with zero attached hydrogens (tertiary/aromatic N) is 1. The molecular weight excluding hydrogens is 405 g/mol. The minimum absolute atomic E-state index is 0.160. The van der Waals surface area contributed by atoms with Crippen molar-refractivity contribution in [2.24, 2.45) is 0 Å². The zero-order valence-electron chi connectivity index (χ0n) is 13.3. The average Bonchev–Trinajstić information content (AvgIpc) is 2.92. The van der Waals surface area contributed by atoms with E-state index in [0.29, 0.717) is 24.8 Å². The van der Waals surface area contributed by atoms with E-state index >= 15 is 0 Å². The van der Waals surface area contributed by atoms with Crippen LogP contribution in [0.3, 0.4) is 0 Å². The van der Waals surface area contributed by atoms with Crippen molar-refractivity contribution in [3.63, 3.8) is 0 Å². The zero-order valence-corrected chi connectivity index (χ0v) is 16.4. The van der Waals surface area contributed by atoms with E-state index in [2.05, 4.69) is 0 Å². The second-order valence-electron chi connectivity index (χ2n) is 5.66. The third kappa shape index (κ3) is 3.03. The normalized spacial score (nSPS) is 16.1. The lowest BCUT2D eigenvalue weighted by molar-refractivity contribution is -0.113. The number of carbonyl (C=O) groups is 1. The molecule has 0 radical (unpaired) electrons. The fourth-order valence-electron chi connectivity index (χ4n) is 2.85. The van der Waals surface area contributed by atoms with Crippen LogP contribution in [-0.4, -0.2) is 10.2 Å². The number of amides is 1. The summed E-state index contributed by atoms with van der Waals surface area (Å²) in [5.41, 5.74) is 1.48. The highest BCUT2D eigenvalue weighted by molar-refractivity contribution is 8.27. The molecule has 1 aliphatic rings. The fraction of sp³-hybridized carbons (Fsp3) is 0. The van der Waals surface area contributed by atoms with Crippen LogP contribution in [-0.2, 0) is 4.79 Å². The van der Waals surface area contributed by atoms with Crippen molar-refractivity contribution in [2.75, 3.05) is 4.90 Å². The van der Waals surface area contributed by atoms with Crippen LogP contribution in [0.4, 0.5) is 5.69 Å². The van der Waals surface area contributed by atoms with Gasteiger partial charge in [-0.15, -0.1) is 0 Å². The van der Waals surface area contributed by atoms with Crippen molar-refractivity contribution in [1.29, 1.82) is 0 Å². The molecule has 0 aliphatic carbocycles. The average molecular weight is 416 g/mol. The maximum atomic E-state index is 13.0. The van der Waals surface area contributed by atoms with Gasteiger partial charge in [0, 0.05) is 5.39 Å². The van der Waals surface area contributed by atoms with Crippen LogP contribution in [0.15, 0.2) is 65.6 Å². The van der Waals surface area contributed by atoms with Crippen LogP contribution >= 0.6 is 47.2 Å². The van der Waals surface area contributed by atoms with Gasteiger partial charge in [0.15, 0.2) is 4.32 Å². The molecule has 3 aromatic rings. The van der Waals surface area contributed by atoms with E-state index in [4.69, 9.17) is 35.4 Å². The van der Waals surface area contributed by atoms with Crippen LogP contribution in [0.2, 0.25) is 10.0 Å². The molecule has 26 heavy (non-hydrogen) atoms. The number of rotatable bonds is 2. The van der Waals surface area contributed by atoms with Gasteiger partial charge >= 0.3 is 0 Å². The Balaban J connectivity index is 1.78. The molecule has 0 N–H and O–H groups in total. The molecule has 1 amide bonds. The van der Waals surface area contributed by atoms with Crippen molar-refractivity contribution in [2.45, 2.75) is 0 Å². The van der Waals surface area contributed by atoms with Gasteiger partial charge in [0.25, 0.3) is 5.91 Å². The lowest BCUT2D eigenvalue weighted by atomic mass is 10.1. The minimum atomic E-state index is -0.160. The summed E-state index contributed by atoms with van der Waals surface area (Å²) in [4.78, 5) is 15.1. The monoisotopic (exact) mass is 415 g/mol.